The van der Waals surface area contributed by atoms with Gasteiger partial charge in [-0.3, -0.25) is 4.79 Å². The van der Waals surface area contributed by atoms with Gasteiger partial charge in [0.25, 0.3) is 5.91 Å². The van der Waals surface area contributed by atoms with Crippen LogP contribution in [0.3, 0.4) is 0 Å². The van der Waals surface area contributed by atoms with Crippen molar-refractivity contribution in [2.24, 2.45) is 0 Å². The van der Waals surface area contributed by atoms with Crippen molar-refractivity contribution in [3.8, 4) is 11.5 Å². The zero-order valence-electron chi connectivity index (χ0n) is 10.3. The van der Waals surface area contributed by atoms with Crippen molar-refractivity contribution in [1.82, 2.24) is 4.98 Å². The second-order valence-corrected chi connectivity index (χ2v) is 4.06. The summed E-state index contributed by atoms with van der Waals surface area (Å²) in [5.41, 5.74) is 0.614. The molecule has 0 unspecified atom stereocenters. The van der Waals surface area contributed by atoms with Gasteiger partial charge in [-0.05, 0) is 12.1 Å². The smallest absolute Gasteiger partial charge is 0.293 e. The largest absolute Gasteiger partial charge is 0.486 e. The highest BCUT2D eigenvalue weighted by atomic mass is 16.6. The lowest BCUT2D eigenvalue weighted by Gasteiger charge is -2.18. The van der Waals surface area contributed by atoms with Gasteiger partial charge >= 0.3 is 0 Å². The van der Waals surface area contributed by atoms with Crippen molar-refractivity contribution in [2.75, 3.05) is 18.5 Å². The van der Waals surface area contributed by atoms with Gasteiger partial charge in [0.1, 0.15) is 13.2 Å². The number of nitrogens with one attached hydrogen (secondary N) is 1. The Hall–Kier alpha value is -2.50. The number of fused-ring (bicyclic) bond motifs is 1. The third-order valence-corrected chi connectivity index (χ3v) is 2.65. The zero-order chi connectivity index (χ0) is 13.2. The highest BCUT2D eigenvalue weighted by Gasteiger charge is 2.15. The average Bonchev–Trinajstić information content (AvgIpc) is 2.85. The maximum Gasteiger partial charge on any atom is 0.293 e. The van der Waals surface area contributed by atoms with Crippen LogP contribution in [0, 0.1) is 6.92 Å². The number of carbonyl (C=O) groups excluding carboxylic acids is 1. The van der Waals surface area contributed by atoms with E-state index in [4.69, 9.17) is 13.9 Å². The van der Waals surface area contributed by atoms with Gasteiger partial charge < -0.3 is 19.2 Å². The summed E-state index contributed by atoms with van der Waals surface area (Å²) in [7, 11) is 0. The quantitative estimate of drug-likeness (QED) is 0.894. The van der Waals surface area contributed by atoms with E-state index in [1.807, 2.05) is 0 Å². The molecule has 0 saturated carbocycles. The van der Waals surface area contributed by atoms with Gasteiger partial charge in [0.05, 0.1) is 6.20 Å². The number of benzene rings is 1. The molecule has 0 spiro atoms. The van der Waals surface area contributed by atoms with E-state index >= 15 is 0 Å². The third kappa shape index (κ3) is 2.37. The Morgan fingerprint density at radius 1 is 1.26 bits per heavy atom. The van der Waals surface area contributed by atoms with Crippen LogP contribution < -0.4 is 14.8 Å². The van der Waals surface area contributed by atoms with E-state index in [9.17, 15) is 4.79 Å². The molecule has 19 heavy (non-hydrogen) atoms. The van der Waals surface area contributed by atoms with Crippen molar-refractivity contribution in [1.29, 1.82) is 0 Å². The summed E-state index contributed by atoms with van der Waals surface area (Å²) in [6.45, 7) is 2.72. The van der Waals surface area contributed by atoms with Gasteiger partial charge in [-0.15, -0.1) is 0 Å². The topological polar surface area (TPSA) is 73.6 Å². The van der Waals surface area contributed by atoms with Gasteiger partial charge in [0.2, 0.25) is 5.76 Å². The molecule has 6 heteroatoms. The summed E-state index contributed by atoms with van der Waals surface area (Å²) < 4.78 is 16.0. The Bertz CT molecular complexity index is 621. The summed E-state index contributed by atoms with van der Waals surface area (Å²) in [6.07, 6.45) is 1.39. The molecule has 3 rings (SSSR count). The molecule has 1 aliphatic heterocycles. The first-order valence-electron chi connectivity index (χ1n) is 5.86. The van der Waals surface area contributed by atoms with Crippen molar-refractivity contribution < 1.29 is 18.7 Å². The molecule has 1 aromatic carbocycles. The second-order valence-electron chi connectivity index (χ2n) is 4.06. The summed E-state index contributed by atoms with van der Waals surface area (Å²) in [6, 6.07) is 5.22. The van der Waals surface area contributed by atoms with Crippen LogP contribution in [0.15, 0.2) is 28.8 Å². The van der Waals surface area contributed by atoms with Crippen molar-refractivity contribution in [3.63, 3.8) is 0 Å². The Morgan fingerprint density at radius 3 is 2.79 bits per heavy atom. The first kappa shape index (κ1) is 11.6. The lowest BCUT2D eigenvalue weighted by Crippen LogP contribution is -2.16. The number of hydrogen-bond donors (Lipinski definition) is 1. The molecule has 1 aromatic heterocycles. The average molecular weight is 260 g/mol. The van der Waals surface area contributed by atoms with Crippen LogP contribution in [0.1, 0.15) is 16.4 Å². The van der Waals surface area contributed by atoms with Crippen LogP contribution in [-0.2, 0) is 0 Å². The van der Waals surface area contributed by atoms with Crippen LogP contribution >= 0.6 is 0 Å². The van der Waals surface area contributed by atoms with Crippen LogP contribution in [0.2, 0.25) is 0 Å². The lowest BCUT2D eigenvalue weighted by molar-refractivity contribution is 0.0995. The van der Waals surface area contributed by atoms with E-state index < -0.39 is 0 Å². The van der Waals surface area contributed by atoms with Crippen LogP contribution in [0.5, 0.6) is 11.5 Å². The Kier molecular flexibility index (Phi) is 2.83. The molecule has 2 heterocycles. The monoisotopic (exact) mass is 260 g/mol. The standard InChI is InChI=1S/C13H12N2O4/c1-8-14-7-12(19-8)13(16)15-9-2-3-10-11(6-9)18-5-4-17-10/h2-3,6-7H,4-5H2,1H3,(H,15,16). The highest BCUT2D eigenvalue weighted by Crippen LogP contribution is 2.32. The predicted octanol–water partition coefficient (Wildman–Crippen LogP) is 2.01. The fraction of sp³-hybridized carbons (Fsp3) is 0.231. The minimum absolute atomic E-state index is 0.174. The molecule has 0 atom stereocenters. The van der Waals surface area contributed by atoms with Gasteiger partial charge in [0.15, 0.2) is 17.4 Å². The summed E-state index contributed by atoms with van der Waals surface area (Å²) in [4.78, 5) is 15.8. The number of ether oxygens (including phenoxy) is 2. The first-order valence-corrected chi connectivity index (χ1v) is 5.86. The number of nitrogens with zero attached hydrogens (tertiary/aromatic N) is 1. The molecule has 1 N–H and O–H groups in total. The number of aromatic nitrogens is 1. The number of aryl methyl sites for hydroxylation is 1. The lowest BCUT2D eigenvalue weighted by atomic mass is 10.2. The molecular formula is C13H12N2O4. The normalized spacial score (nSPS) is 13.1. The van der Waals surface area contributed by atoms with Gasteiger partial charge in [-0.2, -0.15) is 0 Å². The zero-order valence-corrected chi connectivity index (χ0v) is 10.3. The molecule has 1 amide bonds. The molecule has 0 aliphatic carbocycles. The Balaban J connectivity index is 1.78. The molecule has 0 bridgehead atoms. The second kappa shape index (κ2) is 4.64. The summed E-state index contributed by atoms with van der Waals surface area (Å²) >= 11 is 0. The fourth-order valence-electron chi connectivity index (χ4n) is 1.78. The number of rotatable bonds is 2. The third-order valence-electron chi connectivity index (χ3n) is 2.65. The van der Waals surface area contributed by atoms with Crippen molar-refractivity contribution in [2.45, 2.75) is 6.92 Å². The predicted molar refractivity (Wildman–Crippen MR) is 66.6 cm³/mol. The van der Waals surface area contributed by atoms with Gasteiger partial charge in [0, 0.05) is 18.7 Å². The SMILES string of the molecule is Cc1ncc(C(=O)Nc2ccc3c(c2)OCCO3)o1. The minimum atomic E-state index is -0.350. The maximum atomic E-state index is 11.9. The first-order chi connectivity index (χ1) is 9.22. The van der Waals surface area contributed by atoms with Crippen LogP contribution in [0.25, 0.3) is 0 Å². The molecule has 2 aromatic rings. The van der Waals surface area contributed by atoms with E-state index in [1.165, 1.54) is 6.20 Å². The minimum Gasteiger partial charge on any atom is -0.486 e. The number of amides is 1. The van der Waals surface area contributed by atoms with E-state index in [2.05, 4.69) is 10.3 Å². The van der Waals surface area contributed by atoms with Crippen LogP contribution in [0.4, 0.5) is 5.69 Å². The number of hydrogen-bond acceptors (Lipinski definition) is 5. The van der Waals surface area contributed by atoms with E-state index in [1.54, 1.807) is 25.1 Å². The summed E-state index contributed by atoms with van der Waals surface area (Å²) in [5, 5.41) is 2.71. The van der Waals surface area contributed by atoms with Crippen molar-refractivity contribution >= 4 is 11.6 Å². The Labute approximate surface area is 109 Å². The molecular weight excluding hydrogens is 248 g/mol. The van der Waals surface area contributed by atoms with E-state index in [0.29, 0.717) is 36.3 Å². The molecule has 0 radical (unpaired) electrons. The number of carbonyl (C=O) groups is 1. The molecule has 1 aliphatic rings. The summed E-state index contributed by atoms with van der Waals surface area (Å²) in [5.74, 6) is 1.58. The molecule has 0 fully saturated rings. The molecule has 98 valence electrons. The van der Waals surface area contributed by atoms with E-state index in [0.717, 1.165) is 0 Å². The Morgan fingerprint density at radius 2 is 2.05 bits per heavy atom. The number of anilines is 1. The van der Waals surface area contributed by atoms with E-state index in [-0.39, 0.29) is 11.7 Å². The van der Waals surface area contributed by atoms with Crippen molar-refractivity contribution in [3.05, 3.63) is 36.0 Å². The fourth-order valence-corrected chi connectivity index (χ4v) is 1.78. The maximum absolute atomic E-state index is 11.9. The van der Waals surface area contributed by atoms with Gasteiger partial charge in [-0.1, -0.05) is 0 Å². The highest BCUT2D eigenvalue weighted by molar-refractivity contribution is 6.02. The molecule has 0 saturated heterocycles. The molecule has 6 nitrogen and oxygen atoms in total. The number of oxazole rings is 1. The van der Waals surface area contributed by atoms with Gasteiger partial charge in [-0.25, -0.2) is 4.98 Å². The van der Waals surface area contributed by atoms with Crippen LogP contribution in [-0.4, -0.2) is 24.1 Å².